The van der Waals surface area contributed by atoms with E-state index in [-0.39, 0.29) is 32.4 Å². The first-order valence-electron chi connectivity index (χ1n) is 6.32. The zero-order valence-corrected chi connectivity index (χ0v) is 11.6. The molecule has 0 saturated carbocycles. The lowest BCUT2D eigenvalue weighted by Gasteiger charge is -2.14. The highest BCUT2D eigenvalue weighted by molar-refractivity contribution is 5.94. The normalized spacial score (nSPS) is 12.3. The number of benzene rings is 1. The first kappa shape index (κ1) is 19.2. The second-order valence-electron chi connectivity index (χ2n) is 4.39. The Morgan fingerprint density at radius 3 is 1.96 bits per heavy atom. The van der Waals surface area contributed by atoms with E-state index in [9.17, 15) is 31.1 Å². The van der Waals surface area contributed by atoms with Crippen LogP contribution in [0.1, 0.15) is 21.5 Å². The lowest BCUT2D eigenvalue weighted by Crippen LogP contribution is -2.28. The molecule has 0 aliphatic rings. The summed E-state index contributed by atoms with van der Waals surface area (Å²) in [4.78, 5) is 11.7. The van der Waals surface area contributed by atoms with E-state index >= 15 is 0 Å². The van der Waals surface area contributed by atoms with Crippen molar-refractivity contribution < 1.29 is 41.0 Å². The van der Waals surface area contributed by atoms with Crippen LogP contribution in [0.5, 0.6) is 0 Å². The van der Waals surface area contributed by atoms with Crippen LogP contribution in [0.3, 0.4) is 0 Å². The highest BCUT2D eigenvalue weighted by Crippen LogP contribution is 2.36. The van der Waals surface area contributed by atoms with Crippen molar-refractivity contribution >= 4 is 5.91 Å². The van der Waals surface area contributed by atoms with Crippen LogP contribution in [-0.2, 0) is 17.1 Å². The van der Waals surface area contributed by atoms with Crippen LogP contribution in [0.4, 0.5) is 26.3 Å². The van der Waals surface area contributed by atoms with Crippen molar-refractivity contribution in [3.05, 3.63) is 34.9 Å². The first-order chi connectivity index (χ1) is 10.6. The van der Waals surface area contributed by atoms with Crippen molar-refractivity contribution in [1.29, 1.82) is 0 Å². The topological polar surface area (TPSA) is 58.6 Å². The minimum absolute atomic E-state index is 0.00233. The van der Waals surface area contributed by atoms with Crippen LogP contribution in [0.2, 0.25) is 0 Å². The van der Waals surface area contributed by atoms with Crippen molar-refractivity contribution in [1.82, 2.24) is 5.32 Å². The molecule has 1 rings (SSSR count). The lowest BCUT2D eigenvalue weighted by atomic mass is 10.0. The number of hydrogen-bond donors (Lipinski definition) is 2. The zero-order chi connectivity index (χ0) is 17.7. The number of carbonyl (C=O) groups is 1. The van der Waals surface area contributed by atoms with Crippen LogP contribution < -0.4 is 5.32 Å². The third-order valence-electron chi connectivity index (χ3n) is 2.62. The standard InChI is InChI=1S/C13H13F6NO3/c14-12(15,16)9-5-8(6-10(7-9)13(17,18)19)11(22)20-1-3-23-4-2-21/h5-7,21H,1-4H2,(H,20,22). The maximum absolute atomic E-state index is 12.6. The molecule has 23 heavy (non-hydrogen) atoms. The number of carbonyl (C=O) groups excluding carboxylic acids is 1. The largest absolute Gasteiger partial charge is 0.416 e. The highest BCUT2D eigenvalue weighted by atomic mass is 19.4. The summed E-state index contributed by atoms with van der Waals surface area (Å²) in [5.41, 5.74) is -3.88. The summed E-state index contributed by atoms with van der Waals surface area (Å²) in [5.74, 6) is -1.09. The molecule has 0 heterocycles. The predicted molar refractivity (Wildman–Crippen MR) is 66.7 cm³/mol. The quantitative estimate of drug-likeness (QED) is 0.615. The van der Waals surface area contributed by atoms with Crippen LogP contribution in [0.25, 0.3) is 0 Å². The number of aliphatic hydroxyl groups excluding tert-OH is 1. The second kappa shape index (κ2) is 7.64. The number of aliphatic hydroxyl groups is 1. The van der Waals surface area contributed by atoms with Gasteiger partial charge in [-0.05, 0) is 18.2 Å². The average Bonchev–Trinajstić information content (AvgIpc) is 2.44. The number of ether oxygens (including phenoxy) is 1. The fourth-order valence-corrected chi connectivity index (χ4v) is 1.59. The van der Waals surface area contributed by atoms with Gasteiger partial charge in [-0.1, -0.05) is 0 Å². The van der Waals surface area contributed by atoms with Gasteiger partial charge in [0.25, 0.3) is 5.91 Å². The monoisotopic (exact) mass is 345 g/mol. The minimum atomic E-state index is -5.01. The SMILES string of the molecule is O=C(NCCOCCO)c1cc(C(F)(F)F)cc(C(F)(F)F)c1. The summed E-state index contributed by atoms with van der Waals surface area (Å²) in [6, 6.07) is 0.638. The molecule has 0 radical (unpaired) electrons. The number of alkyl halides is 6. The summed E-state index contributed by atoms with van der Waals surface area (Å²) in [6.45, 7) is -0.429. The molecule has 0 atom stereocenters. The van der Waals surface area contributed by atoms with Gasteiger partial charge in [0.05, 0.1) is 30.9 Å². The molecule has 0 aromatic heterocycles. The molecule has 2 N–H and O–H groups in total. The summed E-state index contributed by atoms with van der Waals surface area (Å²) in [5, 5.41) is 10.6. The Balaban J connectivity index is 2.94. The van der Waals surface area contributed by atoms with E-state index in [1.54, 1.807) is 0 Å². The van der Waals surface area contributed by atoms with Crippen LogP contribution >= 0.6 is 0 Å². The number of halogens is 6. The van der Waals surface area contributed by atoms with Gasteiger partial charge in [0.15, 0.2) is 0 Å². The first-order valence-corrected chi connectivity index (χ1v) is 6.32. The molecule has 130 valence electrons. The summed E-state index contributed by atoms with van der Waals surface area (Å²) >= 11 is 0. The second-order valence-corrected chi connectivity index (χ2v) is 4.39. The third kappa shape index (κ3) is 6.06. The van der Waals surface area contributed by atoms with E-state index < -0.39 is 35.0 Å². The molecule has 1 amide bonds. The Morgan fingerprint density at radius 2 is 1.52 bits per heavy atom. The molecule has 0 unspecified atom stereocenters. The van der Waals surface area contributed by atoms with E-state index in [1.165, 1.54) is 0 Å². The van der Waals surface area contributed by atoms with Gasteiger partial charge in [-0.2, -0.15) is 26.3 Å². The van der Waals surface area contributed by atoms with E-state index in [2.05, 4.69) is 5.32 Å². The molecule has 10 heteroatoms. The van der Waals surface area contributed by atoms with Gasteiger partial charge in [-0.3, -0.25) is 4.79 Å². The number of rotatable bonds is 6. The fourth-order valence-electron chi connectivity index (χ4n) is 1.59. The van der Waals surface area contributed by atoms with Crippen molar-refractivity contribution in [2.45, 2.75) is 12.4 Å². The predicted octanol–water partition coefficient (Wildman–Crippen LogP) is 2.46. The Hall–Kier alpha value is -1.81. The van der Waals surface area contributed by atoms with Crippen LogP contribution in [0, 0.1) is 0 Å². The van der Waals surface area contributed by atoms with E-state index in [0.29, 0.717) is 12.1 Å². The summed E-state index contributed by atoms with van der Waals surface area (Å²) < 4.78 is 80.7. The molecule has 0 saturated heterocycles. The summed E-state index contributed by atoms with van der Waals surface area (Å²) in [7, 11) is 0. The highest BCUT2D eigenvalue weighted by Gasteiger charge is 2.37. The summed E-state index contributed by atoms with van der Waals surface area (Å²) in [6.07, 6.45) is -10.0. The van der Waals surface area contributed by atoms with Gasteiger partial charge >= 0.3 is 12.4 Å². The Kier molecular flexibility index (Phi) is 6.39. The number of hydrogen-bond acceptors (Lipinski definition) is 3. The van der Waals surface area contributed by atoms with Crippen molar-refractivity contribution in [2.24, 2.45) is 0 Å². The maximum atomic E-state index is 12.6. The smallest absolute Gasteiger partial charge is 0.394 e. The number of nitrogens with one attached hydrogen (secondary N) is 1. The van der Waals surface area contributed by atoms with Crippen LogP contribution in [-0.4, -0.2) is 37.4 Å². The molecule has 0 bridgehead atoms. The molecular formula is C13H13F6NO3. The minimum Gasteiger partial charge on any atom is -0.394 e. The van der Waals surface area contributed by atoms with E-state index in [0.717, 1.165) is 0 Å². The van der Waals surface area contributed by atoms with Gasteiger partial charge in [-0.25, -0.2) is 0 Å². The van der Waals surface area contributed by atoms with Crippen molar-refractivity contribution in [2.75, 3.05) is 26.4 Å². The third-order valence-corrected chi connectivity index (χ3v) is 2.62. The molecule has 0 fully saturated rings. The van der Waals surface area contributed by atoms with Gasteiger partial charge in [0.2, 0.25) is 0 Å². The van der Waals surface area contributed by atoms with E-state index in [1.807, 2.05) is 0 Å². The molecule has 1 aromatic carbocycles. The Labute approximate surface area is 127 Å². The molecular weight excluding hydrogens is 332 g/mol. The van der Waals surface area contributed by atoms with Crippen molar-refractivity contribution in [3.8, 4) is 0 Å². The van der Waals surface area contributed by atoms with E-state index in [4.69, 9.17) is 9.84 Å². The average molecular weight is 345 g/mol. The maximum Gasteiger partial charge on any atom is 0.416 e. The van der Waals surface area contributed by atoms with Gasteiger partial charge in [0.1, 0.15) is 0 Å². The molecule has 0 spiro atoms. The Bertz CT molecular complexity index is 509. The Morgan fingerprint density at radius 1 is 1.00 bits per heavy atom. The zero-order valence-electron chi connectivity index (χ0n) is 11.6. The van der Waals surface area contributed by atoms with Gasteiger partial charge < -0.3 is 15.2 Å². The molecule has 0 aliphatic heterocycles. The molecule has 4 nitrogen and oxygen atoms in total. The lowest BCUT2D eigenvalue weighted by molar-refractivity contribution is -0.143. The number of amides is 1. The molecule has 1 aromatic rings. The van der Waals surface area contributed by atoms with Gasteiger partial charge in [-0.15, -0.1) is 0 Å². The van der Waals surface area contributed by atoms with Crippen LogP contribution in [0.15, 0.2) is 18.2 Å². The van der Waals surface area contributed by atoms with Crippen molar-refractivity contribution in [3.63, 3.8) is 0 Å². The molecule has 0 aliphatic carbocycles. The fraction of sp³-hybridized carbons (Fsp3) is 0.462. The van der Waals surface area contributed by atoms with Gasteiger partial charge in [0, 0.05) is 12.1 Å².